The maximum absolute atomic E-state index is 11.2. The van der Waals surface area contributed by atoms with Crippen molar-refractivity contribution in [1.29, 1.82) is 0 Å². The van der Waals surface area contributed by atoms with Gasteiger partial charge in [0.05, 0.1) is 0 Å². The van der Waals surface area contributed by atoms with Crippen LogP contribution in [0.5, 0.6) is 0 Å². The summed E-state index contributed by atoms with van der Waals surface area (Å²) in [5.41, 5.74) is -0.593. The van der Waals surface area contributed by atoms with Crippen molar-refractivity contribution in [3.05, 3.63) is 5.89 Å². The van der Waals surface area contributed by atoms with Gasteiger partial charge in [-0.2, -0.15) is 0 Å². The third kappa shape index (κ3) is 3.94. The Morgan fingerprint density at radius 2 is 2.20 bits per heavy atom. The Kier molecular flexibility index (Phi) is 3.25. The zero-order valence-corrected chi connectivity index (χ0v) is 8.77. The van der Waals surface area contributed by atoms with Crippen LogP contribution in [0.3, 0.4) is 0 Å². The Bertz CT molecular complexity index is 342. The SMILES string of the molecule is CC(C)(C)OC(=O)Nc1nnc(CO)o1. The standard InChI is InChI=1S/C8H13N3O4/c1-8(2,3)15-7(13)9-6-11-10-5(4-12)14-6/h12H,4H2,1-3H3,(H,9,11,13). The summed E-state index contributed by atoms with van der Waals surface area (Å²) in [5, 5.41) is 17.8. The average Bonchev–Trinajstić information content (AvgIpc) is 2.48. The summed E-state index contributed by atoms with van der Waals surface area (Å²) in [6, 6.07) is -0.103. The molecular formula is C8H13N3O4. The predicted octanol–water partition coefficient (Wildman–Crippen LogP) is 0.909. The molecule has 1 aromatic heterocycles. The van der Waals surface area contributed by atoms with Crippen molar-refractivity contribution in [1.82, 2.24) is 10.2 Å². The van der Waals surface area contributed by atoms with E-state index in [4.69, 9.17) is 14.3 Å². The highest BCUT2D eigenvalue weighted by molar-refractivity contribution is 5.81. The summed E-state index contributed by atoms with van der Waals surface area (Å²) < 4.78 is 9.78. The molecule has 15 heavy (non-hydrogen) atoms. The van der Waals surface area contributed by atoms with Gasteiger partial charge >= 0.3 is 12.1 Å². The smallest absolute Gasteiger partial charge is 0.415 e. The van der Waals surface area contributed by atoms with E-state index in [1.807, 2.05) is 0 Å². The van der Waals surface area contributed by atoms with Crippen LogP contribution in [0.4, 0.5) is 10.8 Å². The number of anilines is 1. The number of hydrogen-bond acceptors (Lipinski definition) is 6. The number of nitrogens with zero attached hydrogens (tertiary/aromatic N) is 2. The molecule has 1 heterocycles. The fraction of sp³-hybridized carbons (Fsp3) is 0.625. The first kappa shape index (κ1) is 11.4. The molecule has 0 spiro atoms. The Labute approximate surface area is 86.4 Å². The van der Waals surface area contributed by atoms with Crippen LogP contribution in [-0.2, 0) is 11.3 Å². The van der Waals surface area contributed by atoms with Crippen LogP contribution in [0, 0.1) is 0 Å². The van der Waals surface area contributed by atoms with Gasteiger partial charge in [-0.05, 0) is 20.8 Å². The van der Waals surface area contributed by atoms with Crippen LogP contribution < -0.4 is 5.32 Å². The number of aliphatic hydroxyl groups excluding tert-OH is 1. The Balaban J connectivity index is 2.51. The lowest BCUT2D eigenvalue weighted by atomic mass is 10.2. The number of aromatic nitrogens is 2. The van der Waals surface area contributed by atoms with Gasteiger partial charge in [0, 0.05) is 0 Å². The molecule has 1 rings (SSSR count). The van der Waals surface area contributed by atoms with Crippen LogP contribution >= 0.6 is 0 Å². The Morgan fingerprint density at radius 3 is 2.67 bits per heavy atom. The van der Waals surface area contributed by atoms with E-state index < -0.39 is 11.7 Å². The van der Waals surface area contributed by atoms with E-state index in [0.29, 0.717) is 0 Å². The zero-order valence-electron chi connectivity index (χ0n) is 8.77. The van der Waals surface area contributed by atoms with Gasteiger partial charge in [-0.25, -0.2) is 10.1 Å². The summed E-state index contributed by atoms with van der Waals surface area (Å²) in [6.07, 6.45) is -0.685. The van der Waals surface area contributed by atoms with E-state index in [9.17, 15) is 4.79 Å². The molecule has 0 aliphatic rings. The molecule has 84 valence electrons. The Morgan fingerprint density at radius 1 is 1.53 bits per heavy atom. The second-order valence-corrected chi connectivity index (χ2v) is 3.79. The predicted molar refractivity (Wildman–Crippen MR) is 50.1 cm³/mol. The molecule has 0 bridgehead atoms. The number of hydrogen-bond donors (Lipinski definition) is 2. The summed E-state index contributed by atoms with van der Waals surface area (Å²) in [5.74, 6) is 0.0288. The van der Waals surface area contributed by atoms with Crippen molar-refractivity contribution < 1.29 is 19.1 Å². The number of carbonyl (C=O) groups is 1. The highest BCUT2D eigenvalue weighted by Gasteiger charge is 2.18. The summed E-state index contributed by atoms with van der Waals surface area (Å²) >= 11 is 0. The van der Waals surface area contributed by atoms with Crippen LogP contribution in [0.15, 0.2) is 4.42 Å². The van der Waals surface area contributed by atoms with Gasteiger partial charge in [0.2, 0.25) is 5.89 Å². The van der Waals surface area contributed by atoms with Gasteiger partial charge < -0.3 is 14.3 Å². The normalized spacial score (nSPS) is 11.2. The molecule has 0 aromatic carbocycles. The number of carbonyl (C=O) groups excluding carboxylic acids is 1. The van der Waals surface area contributed by atoms with E-state index >= 15 is 0 Å². The van der Waals surface area contributed by atoms with E-state index in [1.54, 1.807) is 20.8 Å². The van der Waals surface area contributed by atoms with Crippen molar-refractivity contribution >= 4 is 12.1 Å². The van der Waals surface area contributed by atoms with Crippen molar-refractivity contribution in [3.8, 4) is 0 Å². The number of amides is 1. The number of aliphatic hydroxyl groups is 1. The minimum Gasteiger partial charge on any atom is -0.443 e. The Hall–Kier alpha value is -1.63. The molecular weight excluding hydrogens is 202 g/mol. The van der Waals surface area contributed by atoms with Crippen molar-refractivity contribution in [3.63, 3.8) is 0 Å². The fourth-order valence-corrected chi connectivity index (χ4v) is 0.759. The zero-order chi connectivity index (χ0) is 11.5. The second kappa shape index (κ2) is 4.26. The number of nitrogens with one attached hydrogen (secondary N) is 1. The molecule has 1 aromatic rings. The molecule has 0 aliphatic carbocycles. The minimum absolute atomic E-state index is 0.0288. The summed E-state index contributed by atoms with van der Waals surface area (Å²) in [4.78, 5) is 11.2. The van der Waals surface area contributed by atoms with Gasteiger partial charge in [0.15, 0.2) is 0 Å². The van der Waals surface area contributed by atoms with Gasteiger partial charge in [-0.3, -0.25) is 0 Å². The molecule has 0 saturated heterocycles. The van der Waals surface area contributed by atoms with E-state index in [-0.39, 0.29) is 18.5 Å². The molecule has 2 N–H and O–H groups in total. The van der Waals surface area contributed by atoms with E-state index in [2.05, 4.69) is 15.5 Å². The first-order chi connectivity index (χ1) is 6.90. The largest absolute Gasteiger partial charge is 0.443 e. The topological polar surface area (TPSA) is 97.5 Å². The molecule has 0 fully saturated rings. The van der Waals surface area contributed by atoms with E-state index in [1.165, 1.54) is 0 Å². The average molecular weight is 215 g/mol. The van der Waals surface area contributed by atoms with E-state index in [0.717, 1.165) is 0 Å². The van der Waals surface area contributed by atoms with Crippen LogP contribution in [0.25, 0.3) is 0 Å². The molecule has 7 heteroatoms. The van der Waals surface area contributed by atoms with Crippen molar-refractivity contribution in [2.75, 3.05) is 5.32 Å². The number of rotatable bonds is 2. The van der Waals surface area contributed by atoms with Crippen LogP contribution in [0.1, 0.15) is 26.7 Å². The monoisotopic (exact) mass is 215 g/mol. The lowest BCUT2D eigenvalue weighted by Crippen LogP contribution is -2.27. The maximum Gasteiger partial charge on any atom is 0.415 e. The minimum atomic E-state index is -0.685. The molecule has 0 radical (unpaired) electrons. The first-order valence-electron chi connectivity index (χ1n) is 4.34. The first-order valence-corrected chi connectivity index (χ1v) is 4.34. The molecule has 0 atom stereocenters. The van der Waals surface area contributed by atoms with Crippen molar-refractivity contribution in [2.45, 2.75) is 33.0 Å². The van der Waals surface area contributed by atoms with Gasteiger partial charge in [-0.1, -0.05) is 5.10 Å². The van der Waals surface area contributed by atoms with Crippen LogP contribution in [0.2, 0.25) is 0 Å². The third-order valence-corrected chi connectivity index (χ3v) is 1.21. The lowest BCUT2D eigenvalue weighted by molar-refractivity contribution is 0.0631. The highest BCUT2D eigenvalue weighted by Crippen LogP contribution is 2.10. The quantitative estimate of drug-likeness (QED) is 0.760. The number of ether oxygens (including phenoxy) is 1. The highest BCUT2D eigenvalue weighted by atomic mass is 16.6. The summed E-state index contributed by atoms with van der Waals surface area (Å²) in [6.45, 7) is 4.83. The maximum atomic E-state index is 11.2. The van der Waals surface area contributed by atoms with Gasteiger partial charge in [0.25, 0.3) is 0 Å². The fourth-order valence-electron chi connectivity index (χ4n) is 0.759. The van der Waals surface area contributed by atoms with Gasteiger partial charge in [0.1, 0.15) is 12.2 Å². The third-order valence-electron chi connectivity index (χ3n) is 1.21. The molecule has 0 saturated carbocycles. The molecule has 0 aliphatic heterocycles. The molecule has 1 amide bonds. The lowest BCUT2D eigenvalue weighted by Gasteiger charge is -2.18. The molecule has 0 unspecified atom stereocenters. The van der Waals surface area contributed by atoms with Crippen LogP contribution in [-0.4, -0.2) is 27.0 Å². The summed E-state index contributed by atoms with van der Waals surface area (Å²) in [7, 11) is 0. The molecule has 7 nitrogen and oxygen atoms in total. The van der Waals surface area contributed by atoms with Crippen molar-refractivity contribution in [2.24, 2.45) is 0 Å². The van der Waals surface area contributed by atoms with Gasteiger partial charge in [-0.15, -0.1) is 5.10 Å². The second-order valence-electron chi connectivity index (χ2n) is 3.79.